The molecule has 2 heterocycles. The van der Waals surface area contributed by atoms with Gasteiger partial charge in [0.05, 0.1) is 24.4 Å². The molecular formula is C22H25N3O5. The summed E-state index contributed by atoms with van der Waals surface area (Å²) < 4.78 is 5.07. The van der Waals surface area contributed by atoms with Crippen LogP contribution in [0.1, 0.15) is 46.0 Å². The summed E-state index contributed by atoms with van der Waals surface area (Å²) in [5, 5.41) is 12.4. The predicted octanol–water partition coefficient (Wildman–Crippen LogP) is 3.12. The molecule has 1 fully saturated rings. The highest BCUT2D eigenvalue weighted by atomic mass is 16.5. The summed E-state index contributed by atoms with van der Waals surface area (Å²) in [5.41, 5.74) is 1.75. The van der Waals surface area contributed by atoms with Gasteiger partial charge in [-0.1, -0.05) is 17.7 Å². The number of pyridine rings is 1. The number of hydrogen-bond acceptors (Lipinski definition) is 6. The van der Waals surface area contributed by atoms with Crippen molar-refractivity contribution in [1.29, 1.82) is 0 Å². The summed E-state index contributed by atoms with van der Waals surface area (Å²) in [6, 6.07) is 8.53. The average molecular weight is 411 g/mol. The third-order valence-corrected chi connectivity index (χ3v) is 5.05. The molecule has 1 aromatic heterocycles. The van der Waals surface area contributed by atoms with Crippen molar-refractivity contribution in [2.24, 2.45) is 5.92 Å². The highest BCUT2D eigenvalue weighted by molar-refractivity contribution is 6.05. The monoisotopic (exact) mass is 411 g/mol. The lowest BCUT2D eigenvalue weighted by atomic mass is 9.96. The Kier molecular flexibility index (Phi) is 6.66. The predicted molar refractivity (Wildman–Crippen MR) is 112 cm³/mol. The average Bonchev–Trinajstić information content (AvgIpc) is 2.74. The van der Waals surface area contributed by atoms with Gasteiger partial charge in [0.1, 0.15) is 11.4 Å². The van der Waals surface area contributed by atoms with E-state index in [1.54, 1.807) is 25.1 Å². The van der Waals surface area contributed by atoms with Gasteiger partial charge >= 0.3 is 11.9 Å². The summed E-state index contributed by atoms with van der Waals surface area (Å²) in [4.78, 5) is 42.3. The van der Waals surface area contributed by atoms with Crippen LogP contribution in [0.3, 0.4) is 0 Å². The lowest BCUT2D eigenvalue weighted by Gasteiger charge is -2.32. The first-order valence-electron chi connectivity index (χ1n) is 9.92. The second-order valence-corrected chi connectivity index (χ2v) is 7.24. The standard InChI is InChI=1S/C22H25N3O5/c1-3-30-22(29)15-7-9-25(10-8-15)19-18(21(27)28)12-17(13-23-19)24-20(26)16-6-4-5-14(2)11-16/h4-6,11-13,15H,3,7-10H2,1-2H3,(H,24,26)(H,27,28). The summed E-state index contributed by atoms with van der Waals surface area (Å²) in [6.45, 7) is 5.02. The molecule has 1 amide bonds. The summed E-state index contributed by atoms with van der Waals surface area (Å²) in [5.74, 6) is -1.52. The van der Waals surface area contributed by atoms with E-state index >= 15 is 0 Å². The number of piperidine rings is 1. The van der Waals surface area contributed by atoms with Crippen LogP contribution in [0.15, 0.2) is 36.5 Å². The molecule has 158 valence electrons. The van der Waals surface area contributed by atoms with Gasteiger partial charge in [-0.05, 0) is 44.9 Å². The molecule has 1 aliphatic rings. The van der Waals surface area contributed by atoms with E-state index in [4.69, 9.17) is 4.74 Å². The first-order valence-corrected chi connectivity index (χ1v) is 9.92. The van der Waals surface area contributed by atoms with Gasteiger partial charge in [-0.2, -0.15) is 0 Å². The number of amides is 1. The van der Waals surface area contributed by atoms with Gasteiger partial charge in [-0.15, -0.1) is 0 Å². The maximum atomic E-state index is 12.4. The first-order chi connectivity index (χ1) is 14.4. The smallest absolute Gasteiger partial charge is 0.339 e. The van der Waals surface area contributed by atoms with Crippen molar-refractivity contribution in [2.45, 2.75) is 26.7 Å². The maximum absolute atomic E-state index is 12.4. The third-order valence-electron chi connectivity index (χ3n) is 5.05. The molecule has 2 N–H and O–H groups in total. The number of carboxylic acids is 1. The van der Waals surface area contributed by atoms with E-state index in [1.165, 1.54) is 12.3 Å². The number of aromatic carboxylic acids is 1. The minimum absolute atomic E-state index is 0.00614. The molecule has 1 saturated heterocycles. The fourth-order valence-corrected chi connectivity index (χ4v) is 3.51. The molecule has 0 atom stereocenters. The topological polar surface area (TPSA) is 109 Å². The largest absolute Gasteiger partial charge is 0.478 e. The molecule has 3 rings (SSSR count). The number of hydrogen-bond donors (Lipinski definition) is 2. The quantitative estimate of drug-likeness (QED) is 0.703. The van der Waals surface area contributed by atoms with E-state index in [9.17, 15) is 19.5 Å². The number of aryl methyl sites for hydroxylation is 1. The molecule has 8 nitrogen and oxygen atoms in total. The number of aromatic nitrogens is 1. The van der Waals surface area contributed by atoms with E-state index in [0.717, 1.165) is 5.56 Å². The Morgan fingerprint density at radius 3 is 2.60 bits per heavy atom. The minimum Gasteiger partial charge on any atom is -0.478 e. The molecule has 0 saturated carbocycles. The van der Waals surface area contributed by atoms with Gasteiger partial charge in [0, 0.05) is 18.7 Å². The summed E-state index contributed by atoms with van der Waals surface area (Å²) in [7, 11) is 0. The van der Waals surface area contributed by atoms with Crippen molar-refractivity contribution in [3.63, 3.8) is 0 Å². The SMILES string of the molecule is CCOC(=O)C1CCN(c2ncc(NC(=O)c3cccc(C)c3)cc2C(=O)O)CC1. The van der Waals surface area contributed by atoms with Crippen molar-refractivity contribution in [2.75, 3.05) is 29.9 Å². The lowest BCUT2D eigenvalue weighted by molar-refractivity contribution is -0.148. The fraction of sp³-hybridized carbons (Fsp3) is 0.364. The van der Waals surface area contributed by atoms with E-state index in [2.05, 4.69) is 10.3 Å². The van der Waals surface area contributed by atoms with Gasteiger partial charge in [-0.25, -0.2) is 9.78 Å². The number of anilines is 2. The van der Waals surface area contributed by atoms with Gasteiger partial charge in [-0.3, -0.25) is 9.59 Å². The van der Waals surface area contributed by atoms with Crippen molar-refractivity contribution in [3.05, 3.63) is 53.2 Å². The van der Waals surface area contributed by atoms with Crippen molar-refractivity contribution < 1.29 is 24.2 Å². The number of nitrogens with zero attached hydrogens (tertiary/aromatic N) is 2. The molecule has 1 aromatic carbocycles. The van der Waals surface area contributed by atoms with Gasteiger partial charge in [0.15, 0.2) is 0 Å². The van der Waals surface area contributed by atoms with Gasteiger partial charge in [0.25, 0.3) is 5.91 Å². The normalized spacial score (nSPS) is 14.3. The van der Waals surface area contributed by atoms with Crippen molar-refractivity contribution in [1.82, 2.24) is 4.98 Å². The molecule has 8 heteroatoms. The number of carbonyl (C=O) groups excluding carboxylic acids is 2. The molecule has 2 aromatic rings. The second-order valence-electron chi connectivity index (χ2n) is 7.24. The Balaban J connectivity index is 1.74. The van der Waals surface area contributed by atoms with Crippen LogP contribution < -0.4 is 10.2 Å². The number of benzene rings is 1. The Hall–Kier alpha value is -3.42. The van der Waals surface area contributed by atoms with Crippen LogP contribution in [0.2, 0.25) is 0 Å². The molecule has 0 aliphatic carbocycles. The van der Waals surface area contributed by atoms with Crippen molar-refractivity contribution in [3.8, 4) is 0 Å². The Morgan fingerprint density at radius 2 is 1.97 bits per heavy atom. The molecule has 1 aliphatic heterocycles. The van der Waals surface area contributed by atoms with Gasteiger partial charge in [0.2, 0.25) is 0 Å². The van der Waals surface area contributed by atoms with Gasteiger partial charge < -0.3 is 20.1 Å². The number of esters is 1. The Bertz CT molecular complexity index is 952. The molecular weight excluding hydrogens is 386 g/mol. The van der Waals surface area contributed by atoms with Crippen LogP contribution in [0.4, 0.5) is 11.5 Å². The first kappa shape index (κ1) is 21.3. The zero-order chi connectivity index (χ0) is 21.7. The highest BCUT2D eigenvalue weighted by Crippen LogP contribution is 2.27. The molecule has 0 spiro atoms. The maximum Gasteiger partial charge on any atom is 0.339 e. The molecule has 0 radical (unpaired) electrons. The number of nitrogens with one attached hydrogen (secondary N) is 1. The van der Waals surface area contributed by atoms with Crippen molar-refractivity contribution >= 4 is 29.4 Å². The lowest BCUT2D eigenvalue weighted by Crippen LogP contribution is -2.38. The Labute approximate surface area is 174 Å². The van der Waals surface area contributed by atoms with Crippen LogP contribution in [-0.2, 0) is 9.53 Å². The number of rotatable bonds is 6. The Morgan fingerprint density at radius 1 is 1.23 bits per heavy atom. The zero-order valence-corrected chi connectivity index (χ0v) is 17.1. The van der Waals surface area contributed by atoms with E-state index in [1.807, 2.05) is 17.9 Å². The van der Waals surface area contributed by atoms with Crippen LogP contribution in [0.5, 0.6) is 0 Å². The third kappa shape index (κ3) is 4.94. The van der Waals surface area contributed by atoms with Crippen LogP contribution >= 0.6 is 0 Å². The summed E-state index contributed by atoms with van der Waals surface area (Å²) in [6.07, 6.45) is 2.60. The number of carbonyl (C=O) groups is 3. The summed E-state index contributed by atoms with van der Waals surface area (Å²) >= 11 is 0. The molecule has 30 heavy (non-hydrogen) atoms. The number of carboxylic acid groups (broad SMARTS) is 1. The van der Waals surface area contributed by atoms with E-state index < -0.39 is 5.97 Å². The highest BCUT2D eigenvalue weighted by Gasteiger charge is 2.28. The fourth-order valence-electron chi connectivity index (χ4n) is 3.51. The van der Waals surface area contributed by atoms with Crippen LogP contribution in [-0.4, -0.2) is 47.6 Å². The van der Waals surface area contributed by atoms with Crippen LogP contribution in [0.25, 0.3) is 0 Å². The second kappa shape index (κ2) is 9.39. The number of ether oxygens (including phenoxy) is 1. The molecule has 0 unspecified atom stereocenters. The minimum atomic E-state index is -1.13. The molecule has 0 bridgehead atoms. The van der Waals surface area contributed by atoms with E-state index in [-0.39, 0.29) is 23.4 Å². The van der Waals surface area contributed by atoms with E-state index in [0.29, 0.717) is 49.6 Å². The van der Waals surface area contributed by atoms with Crippen LogP contribution in [0, 0.1) is 12.8 Å². The zero-order valence-electron chi connectivity index (χ0n) is 17.1.